The molecule has 4 aromatic heterocycles. The van der Waals surface area contributed by atoms with Crippen LogP contribution < -0.4 is 4.74 Å². The van der Waals surface area contributed by atoms with Crippen molar-refractivity contribution in [3.05, 3.63) is 60.9 Å². The van der Waals surface area contributed by atoms with Crippen LogP contribution in [0.1, 0.15) is 0 Å². The lowest BCUT2D eigenvalue weighted by atomic mass is 10.1. The summed E-state index contributed by atoms with van der Waals surface area (Å²) in [5.41, 5.74) is 2.80. The highest BCUT2D eigenvalue weighted by Gasteiger charge is 2.18. The topological polar surface area (TPSA) is 100.0 Å². The van der Waals surface area contributed by atoms with E-state index in [-0.39, 0.29) is 5.89 Å². The van der Waals surface area contributed by atoms with Crippen LogP contribution in [0.2, 0.25) is 0 Å². The Morgan fingerprint density at radius 1 is 0.929 bits per heavy atom. The Bertz CT molecular complexity index is 1260. The lowest BCUT2D eigenvalue weighted by Gasteiger charge is -2.05. The van der Waals surface area contributed by atoms with Gasteiger partial charge in [0.1, 0.15) is 0 Å². The zero-order chi connectivity index (χ0) is 18.9. The Balaban J connectivity index is 1.56. The van der Waals surface area contributed by atoms with E-state index in [2.05, 4.69) is 25.3 Å². The summed E-state index contributed by atoms with van der Waals surface area (Å²) in [6.07, 6.45) is 3.39. The van der Waals surface area contributed by atoms with E-state index < -0.39 is 0 Å². The standard InChI is InChI=1S/C20H13N5O3/c1-26-18-9-14(13-6-2-3-7-15(13)22-18)19-23-20(28-25-19)16-10-17(27-24-16)12-5-4-8-21-11-12/h2-11H,1H3. The monoisotopic (exact) mass is 371 g/mol. The molecule has 0 aliphatic carbocycles. The molecule has 4 heterocycles. The third-order valence-corrected chi connectivity index (χ3v) is 4.24. The first kappa shape index (κ1) is 16.1. The maximum absolute atomic E-state index is 5.42. The number of para-hydroxylation sites is 1. The highest BCUT2D eigenvalue weighted by Crippen LogP contribution is 2.31. The molecule has 8 nitrogen and oxygen atoms in total. The Morgan fingerprint density at radius 3 is 2.71 bits per heavy atom. The molecule has 28 heavy (non-hydrogen) atoms. The van der Waals surface area contributed by atoms with Crippen LogP contribution in [0.25, 0.3) is 45.2 Å². The van der Waals surface area contributed by atoms with E-state index in [9.17, 15) is 0 Å². The quantitative estimate of drug-likeness (QED) is 0.467. The molecule has 136 valence electrons. The third-order valence-electron chi connectivity index (χ3n) is 4.24. The highest BCUT2D eigenvalue weighted by molar-refractivity contribution is 5.93. The Labute approximate surface area is 158 Å². The molecular formula is C20H13N5O3. The van der Waals surface area contributed by atoms with Gasteiger partial charge in [-0.1, -0.05) is 28.5 Å². The maximum atomic E-state index is 5.42. The van der Waals surface area contributed by atoms with Crippen molar-refractivity contribution in [1.29, 1.82) is 0 Å². The number of ether oxygens (including phenoxy) is 1. The summed E-state index contributed by atoms with van der Waals surface area (Å²) in [6.45, 7) is 0. The van der Waals surface area contributed by atoms with Crippen molar-refractivity contribution < 1.29 is 13.8 Å². The number of methoxy groups -OCH3 is 1. The maximum Gasteiger partial charge on any atom is 0.280 e. The van der Waals surface area contributed by atoms with Gasteiger partial charge >= 0.3 is 0 Å². The highest BCUT2D eigenvalue weighted by atomic mass is 16.5. The van der Waals surface area contributed by atoms with Gasteiger partial charge in [-0.05, 0) is 18.2 Å². The average molecular weight is 371 g/mol. The van der Waals surface area contributed by atoms with Crippen molar-refractivity contribution >= 4 is 10.9 Å². The zero-order valence-electron chi connectivity index (χ0n) is 14.7. The Hall–Kier alpha value is -4.07. The molecule has 0 saturated carbocycles. The molecule has 0 amide bonds. The van der Waals surface area contributed by atoms with Crippen molar-refractivity contribution in [2.75, 3.05) is 7.11 Å². The number of hydrogen-bond donors (Lipinski definition) is 0. The van der Waals surface area contributed by atoms with Crippen LogP contribution in [0.3, 0.4) is 0 Å². The summed E-state index contributed by atoms with van der Waals surface area (Å²) in [7, 11) is 1.57. The van der Waals surface area contributed by atoms with Gasteiger partial charge in [0.25, 0.3) is 5.89 Å². The molecule has 1 aromatic carbocycles. The first-order valence-electron chi connectivity index (χ1n) is 8.47. The number of aromatic nitrogens is 5. The summed E-state index contributed by atoms with van der Waals surface area (Å²) in [4.78, 5) is 13.0. The van der Waals surface area contributed by atoms with Gasteiger partial charge in [-0.25, -0.2) is 4.98 Å². The lowest BCUT2D eigenvalue weighted by Crippen LogP contribution is -1.92. The van der Waals surface area contributed by atoms with Crippen LogP contribution in [0.4, 0.5) is 0 Å². The molecular weight excluding hydrogens is 358 g/mol. The second kappa shape index (κ2) is 6.58. The van der Waals surface area contributed by atoms with Gasteiger partial charge in [-0.3, -0.25) is 4.98 Å². The largest absolute Gasteiger partial charge is 0.481 e. The predicted octanol–water partition coefficient (Wildman–Crippen LogP) is 4.01. The van der Waals surface area contributed by atoms with Gasteiger partial charge in [-0.15, -0.1) is 0 Å². The minimum Gasteiger partial charge on any atom is -0.481 e. The molecule has 0 bridgehead atoms. The van der Waals surface area contributed by atoms with E-state index in [1.165, 1.54) is 0 Å². The van der Waals surface area contributed by atoms with Crippen molar-refractivity contribution in [2.24, 2.45) is 0 Å². The normalized spacial score (nSPS) is 11.0. The second-order valence-electron chi connectivity index (χ2n) is 5.97. The molecule has 0 aliphatic heterocycles. The molecule has 0 N–H and O–H groups in total. The Morgan fingerprint density at radius 2 is 1.86 bits per heavy atom. The van der Waals surface area contributed by atoms with Crippen LogP contribution in [-0.2, 0) is 0 Å². The van der Waals surface area contributed by atoms with Gasteiger partial charge in [0, 0.05) is 41.0 Å². The van der Waals surface area contributed by atoms with Gasteiger partial charge in [0.05, 0.1) is 12.6 Å². The Kier molecular flexibility index (Phi) is 3.79. The van der Waals surface area contributed by atoms with Gasteiger partial charge in [-0.2, -0.15) is 4.98 Å². The number of nitrogens with zero attached hydrogens (tertiary/aromatic N) is 5. The van der Waals surface area contributed by atoms with Crippen molar-refractivity contribution in [2.45, 2.75) is 0 Å². The van der Waals surface area contributed by atoms with Crippen LogP contribution in [0.15, 0.2) is 70.0 Å². The van der Waals surface area contributed by atoms with Gasteiger partial charge in [0.2, 0.25) is 11.7 Å². The molecule has 0 radical (unpaired) electrons. The van der Waals surface area contributed by atoms with E-state index in [0.29, 0.717) is 23.2 Å². The fourth-order valence-electron chi connectivity index (χ4n) is 2.90. The lowest BCUT2D eigenvalue weighted by molar-refractivity contribution is 0.399. The van der Waals surface area contributed by atoms with Gasteiger partial charge in [0.15, 0.2) is 11.5 Å². The van der Waals surface area contributed by atoms with Gasteiger partial charge < -0.3 is 13.8 Å². The fourth-order valence-corrected chi connectivity index (χ4v) is 2.90. The van der Waals surface area contributed by atoms with Crippen molar-refractivity contribution in [3.63, 3.8) is 0 Å². The number of benzene rings is 1. The number of fused-ring (bicyclic) bond motifs is 1. The molecule has 8 heteroatoms. The molecule has 0 saturated heterocycles. The summed E-state index contributed by atoms with van der Waals surface area (Å²) in [6, 6.07) is 14.9. The minimum absolute atomic E-state index is 0.258. The molecule has 0 spiro atoms. The smallest absolute Gasteiger partial charge is 0.280 e. The van der Waals surface area contributed by atoms with Crippen LogP contribution in [0, 0.1) is 0 Å². The van der Waals surface area contributed by atoms with E-state index in [1.807, 2.05) is 36.4 Å². The fraction of sp³-hybridized carbons (Fsp3) is 0.0500. The summed E-state index contributed by atoms with van der Waals surface area (Å²) >= 11 is 0. The average Bonchev–Trinajstić information content (AvgIpc) is 3.43. The molecule has 5 rings (SSSR count). The molecule has 0 unspecified atom stereocenters. The summed E-state index contributed by atoms with van der Waals surface area (Å²) in [5.74, 6) is 1.71. The molecule has 0 fully saturated rings. The number of rotatable bonds is 4. The van der Waals surface area contributed by atoms with Crippen molar-refractivity contribution in [1.82, 2.24) is 25.3 Å². The SMILES string of the molecule is COc1cc(-c2noc(-c3cc(-c4cccnc4)on3)n2)c2ccccc2n1. The second-order valence-corrected chi connectivity index (χ2v) is 5.97. The molecule has 5 aromatic rings. The summed E-state index contributed by atoms with van der Waals surface area (Å²) in [5, 5.41) is 9.03. The first-order valence-corrected chi connectivity index (χ1v) is 8.47. The van der Waals surface area contributed by atoms with E-state index >= 15 is 0 Å². The van der Waals surface area contributed by atoms with Crippen molar-refractivity contribution in [3.8, 4) is 40.2 Å². The molecule has 0 atom stereocenters. The molecule has 0 aliphatic rings. The first-order chi connectivity index (χ1) is 13.8. The number of hydrogen-bond acceptors (Lipinski definition) is 8. The van der Waals surface area contributed by atoms with Crippen LogP contribution >= 0.6 is 0 Å². The zero-order valence-corrected chi connectivity index (χ0v) is 14.7. The third kappa shape index (κ3) is 2.77. The predicted molar refractivity (Wildman–Crippen MR) is 100 cm³/mol. The van der Waals surface area contributed by atoms with E-state index in [0.717, 1.165) is 22.0 Å². The number of pyridine rings is 2. The van der Waals surface area contributed by atoms with Crippen LogP contribution in [0.5, 0.6) is 5.88 Å². The van der Waals surface area contributed by atoms with E-state index in [4.69, 9.17) is 13.8 Å². The van der Waals surface area contributed by atoms with E-state index in [1.54, 1.807) is 31.6 Å². The minimum atomic E-state index is 0.258. The summed E-state index contributed by atoms with van der Waals surface area (Å²) < 4.78 is 16.1. The van der Waals surface area contributed by atoms with Crippen LogP contribution in [-0.4, -0.2) is 32.4 Å².